The average Bonchev–Trinajstić information content (AvgIpc) is 3.37. The van der Waals surface area contributed by atoms with Crippen molar-refractivity contribution in [2.75, 3.05) is 11.9 Å². The van der Waals surface area contributed by atoms with Gasteiger partial charge < -0.3 is 10.2 Å². The number of amides is 2. The number of hydrogen-bond acceptors (Lipinski definition) is 4. The molecule has 1 saturated carbocycles. The monoisotopic (exact) mass is 405 g/mol. The van der Waals surface area contributed by atoms with Crippen LogP contribution < -0.4 is 5.32 Å². The summed E-state index contributed by atoms with van der Waals surface area (Å²) in [4.78, 5) is 32.0. The molecule has 1 saturated heterocycles. The molecule has 2 aliphatic rings. The molecule has 8 heteroatoms. The Morgan fingerprint density at radius 3 is 2.71 bits per heavy atom. The summed E-state index contributed by atoms with van der Waals surface area (Å²) in [6.07, 6.45) is 4.53. The Kier molecular flexibility index (Phi) is 5.14. The summed E-state index contributed by atoms with van der Waals surface area (Å²) < 4.78 is 26.7. The first-order valence-electron chi connectivity index (χ1n) is 9.45. The molecule has 1 aromatic carbocycles. The van der Waals surface area contributed by atoms with Crippen LogP contribution in [0.2, 0.25) is 0 Å². The van der Waals surface area contributed by atoms with Crippen LogP contribution in [0.25, 0.3) is 11.3 Å². The highest BCUT2D eigenvalue weighted by atomic mass is 32.1. The zero-order valence-electron chi connectivity index (χ0n) is 15.5. The van der Waals surface area contributed by atoms with Gasteiger partial charge in [0, 0.05) is 29.4 Å². The van der Waals surface area contributed by atoms with E-state index < -0.39 is 11.6 Å². The van der Waals surface area contributed by atoms with Crippen LogP contribution in [0.3, 0.4) is 0 Å². The lowest BCUT2D eigenvalue weighted by Crippen LogP contribution is -2.35. The molecular weight excluding hydrogens is 384 g/mol. The molecule has 0 unspecified atom stereocenters. The summed E-state index contributed by atoms with van der Waals surface area (Å²) >= 11 is 1.28. The number of nitrogens with one attached hydrogen (secondary N) is 1. The Morgan fingerprint density at radius 1 is 1.25 bits per heavy atom. The fraction of sp³-hybridized carbons (Fsp3) is 0.450. The lowest BCUT2D eigenvalue weighted by atomic mass is 10.1. The fourth-order valence-electron chi connectivity index (χ4n) is 4.04. The smallest absolute Gasteiger partial charge is 0.231 e. The van der Waals surface area contributed by atoms with Crippen molar-refractivity contribution in [2.45, 2.75) is 45.1 Å². The van der Waals surface area contributed by atoms with Gasteiger partial charge >= 0.3 is 0 Å². The Bertz CT molecular complexity index is 924. The van der Waals surface area contributed by atoms with Crippen LogP contribution in [0.15, 0.2) is 18.2 Å². The van der Waals surface area contributed by atoms with Crippen molar-refractivity contribution in [1.82, 2.24) is 9.88 Å². The van der Waals surface area contributed by atoms with Crippen molar-refractivity contribution in [2.24, 2.45) is 5.92 Å². The van der Waals surface area contributed by atoms with E-state index in [0.717, 1.165) is 42.7 Å². The Hall–Kier alpha value is -2.35. The number of benzene rings is 1. The number of carbonyl (C=O) groups is 2. The predicted octanol–water partition coefficient (Wildman–Crippen LogP) is 4.13. The van der Waals surface area contributed by atoms with Gasteiger partial charge in [0.1, 0.15) is 0 Å². The van der Waals surface area contributed by atoms with Crippen LogP contribution in [-0.2, 0) is 9.59 Å². The van der Waals surface area contributed by atoms with E-state index in [-0.39, 0.29) is 30.2 Å². The van der Waals surface area contributed by atoms with E-state index in [0.29, 0.717) is 22.9 Å². The molecule has 148 valence electrons. The molecule has 1 N–H and O–H groups in total. The number of halogens is 2. The van der Waals surface area contributed by atoms with Gasteiger partial charge in [-0.1, -0.05) is 12.8 Å². The van der Waals surface area contributed by atoms with E-state index in [1.54, 1.807) is 0 Å². The number of aromatic nitrogens is 1. The average molecular weight is 405 g/mol. The number of aryl methyl sites for hydroxylation is 1. The van der Waals surface area contributed by atoms with E-state index in [9.17, 15) is 18.4 Å². The van der Waals surface area contributed by atoms with Gasteiger partial charge in [0.25, 0.3) is 0 Å². The quantitative estimate of drug-likeness (QED) is 0.832. The van der Waals surface area contributed by atoms with Gasteiger partial charge in [-0.25, -0.2) is 13.8 Å². The lowest BCUT2D eigenvalue weighted by molar-refractivity contribution is -0.129. The molecule has 1 aromatic heterocycles. The van der Waals surface area contributed by atoms with Gasteiger partial charge in [-0.2, -0.15) is 0 Å². The Labute approximate surface area is 165 Å². The van der Waals surface area contributed by atoms with E-state index >= 15 is 0 Å². The summed E-state index contributed by atoms with van der Waals surface area (Å²) in [5, 5.41) is 3.19. The van der Waals surface area contributed by atoms with Crippen LogP contribution >= 0.6 is 11.3 Å². The minimum absolute atomic E-state index is 0.0462. The summed E-state index contributed by atoms with van der Waals surface area (Å²) in [6, 6.07) is 3.88. The van der Waals surface area contributed by atoms with E-state index in [4.69, 9.17) is 0 Å². The lowest BCUT2D eigenvalue weighted by Gasteiger charge is -2.23. The summed E-state index contributed by atoms with van der Waals surface area (Å²) in [6.45, 7) is 2.26. The molecule has 0 spiro atoms. The van der Waals surface area contributed by atoms with Gasteiger partial charge in [0.2, 0.25) is 11.8 Å². The van der Waals surface area contributed by atoms with Gasteiger partial charge in [-0.15, -0.1) is 11.3 Å². The summed E-state index contributed by atoms with van der Waals surface area (Å²) in [5.74, 6) is -2.41. The standard InChI is InChI=1S/C20H21F2N3O2S/c1-11-18(12-6-7-15(21)16(22)8-12)23-20(28-11)24-19(27)13-9-17(26)25(10-13)14-4-2-3-5-14/h6-8,13-14H,2-5,9-10H2,1H3,(H,23,24,27)/t13-/m1/s1. The van der Waals surface area contributed by atoms with Crippen molar-refractivity contribution in [1.29, 1.82) is 0 Å². The zero-order valence-corrected chi connectivity index (χ0v) is 16.3. The van der Waals surface area contributed by atoms with E-state index in [1.165, 1.54) is 17.4 Å². The second-order valence-corrected chi connectivity index (χ2v) is 8.63. The van der Waals surface area contributed by atoms with Crippen molar-refractivity contribution >= 4 is 28.3 Å². The predicted molar refractivity (Wildman–Crippen MR) is 103 cm³/mol. The molecule has 5 nitrogen and oxygen atoms in total. The first-order valence-corrected chi connectivity index (χ1v) is 10.3. The molecule has 2 heterocycles. The van der Waals surface area contributed by atoms with Crippen LogP contribution in [0, 0.1) is 24.5 Å². The first-order chi connectivity index (χ1) is 13.4. The molecule has 2 amide bonds. The third-order valence-corrected chi connectivity index (χ3v) is 6.40. The second kappa shape index (κ2) is 7.58. The van der Waals surface area contributed by atoms with Crippen molar-refractivity contribution in [3.05, 3.63) is 34.7 Å². The minimum atomic E-state index is -0.938. The molecule has 2 fully saturated rings. The fourth-order valence-corrected chi connectivity index (χ4v) is 4.88. The molecule has 1 aliphatic heterocycles. The molecule has 0 radical (unpaired) electrons. The van der Waals surface area contributed by atoms with Gasteiger partial charge in [0.05, 0.1) is 11.6 Å². The molecule has 28 heavy (non-hydrogen) atoms. The molecule has 0 bridgehead atoms. The molecule has 1 aliphatic carbocycles. The maximum Gasteiger partial charge on any atom is 0.231 e. The number of hydrogen-bond donors (Lipinski definition) is 1. The normalized spacial score (nSPS) is 20.2. The first kappa shape index (κ1) is 19.0. The second-order valence-electron chi connectivity index (χ2n) is 7.43. The van der Waals surface area contributed by atoms with Gasteiger partial charge in [-0.05, 0) is 38.0 Å². The van der Waals surface area contributed by atoms with Gasteiger partial charge in [0.15, 0.2) is 16.8 Å². The number of rotatable bonds is 4. The third-order valence-electron chi connectivity index (χ3n) is 5.51. The van der Waals surface area contributed by atoms with Crippen molar-refractivity contribution in [3.63, 3.8) is 0 Å². The van der Waals surface area contributed by atoms with Crippen LogP contribution in [0.5, 0.6) is 0 Å². The zero-order chi connectivity index (χ0) is 19.8. The van der Waals surface area contributed by atoms with Gasteiger partial charge in [-0.3, -0.25) is 9.59 Å². The van der Waals surface area contributed by atoms with Crippen LogP contribution in [-0.4, -0.2) is 34.3 Å². The Morgan fingerprint density at radius 2 is 2.00 bits per heavy atom. The van der Waals surface area contributed by atoms with E-state index in [1.807, 2.05) is 11.8 Å². The number of carbonyl (C=O) groups excluding carboxylic acids is 2. The number of likely N-dealkylation sites (tertiary alicyclic amines) is 1. The van der Waals surface area contributed by atoms with Crippen molar-refractivity contribution < 1.29 is 18.4 Å². The van der Waals surface area contributed by atoms with Crippen LogP contribution in [0.4, 0.5) is 13.9 Å². The highest BCUT2D eigenvalue weighted by Gasteiger charge is 2.38. The number of thiazole rings is 1. The highest BCUT2D eigenvalue weighted by Crippen LogP contribution is 2.33. The Balaban J connectivity index is 1.45. The molecule has 2 aromatic rings. The SMILES string of the molecule is Cc1sc(NC(=O)[C@@H]2CC(=O)N(C3CCCC3)C2)nc1-c1ccc(F)c(F)c1. The minimum Gasteiger partial charge on any atom is -0.339 e. The largest absolute Gasteiger partial charge is 0.339 e. The highest BCUT2D eigenvalue weighted by molar-refractivity contribution is 7.16. The topological polar surface area (TPSA) is 62.3 Å². The van der Waals surface area contributed by atoms with E-state index in [2.05, 4.69) is 10.3 Å². The molecule has 4 rings (SSSR count). The number of anilines is 1. The third kappa shape index (κ3) is 3.65. The van der Waals surface area contributed by atoms with Crippen LogP contribution in [0.1, 0.15) is 37.0 Å². The molecular formula is C20H21F2N3O2S. The maximum absolute atomic E-state index is 13.5. The summed E-state index contributed by atoms with van der Waals surface area (Å²) in [7, 11) is 0. The number of nitrogens with zero attached hydrogens (tertiary/aromatic N) is 2. The maximum atomic E-state index is 13.5. The molecule has 1 atom stereocenters. The summed E-state index contributed by atoms with van der Waals surface area (Å²) in [5.41, 5.74) is 0.964. The van der Waals surface area contributed by atoms with Crippen molar-refractivity contribution in [3.8, 4) is 11.3 Å².